The number of carbonyl (C=O) groups is 1. The summed E-state index contributed by atoms with van der Waals surface area (Å²) in [5.41, 5.74) is 0. The van der Waals surface area contributed by atoms with Gasteiger partial charge in [-0.15, -0.1) is 0 Å². The van der Waals surface area contributed by atoms with Crippen molar-refractivity contribution in [1.82, 2.24) is 0 Å². The summed E-state index contributed by atoms with van der Waals surface area (Å²) in [7, 11) is 0. The number of aldehydes is 1. The first kappa shape index (κ1) is 23.0. The van der Waals surface area contributed by atoms with Crippen LogP contribution in [0.1, 0.15) is 135 Å². The largest absolute Gasteiger partial charge is 0.303 e. The first-order valence-corrected chi connectivity index (χ1v) is 12.8. The first-order valence-electron chi connectivity index (χ1n) is 12.8. The van der Waals surface area contributed by atoms with Crippen molar-refractivity contribution in [3.05, 3.63) is 0 Å². The van der Waals surface area contributed by atoms with Gasteiger partial charge in [-0.2, -0.15) is 0 Å². The second kappa shape index (κ2) is 14.6. The monoisotopic (exact) mass is 376 g/mol. The van der Waals surface area contributed by atoms with Gasteiger partial charge < -0.3 is 4.79 Å². The summed E-state index contributed by atoms with van der Waals surface area (Å²) in [6.45, 7) is 2.33. The van der Waals surface area contributed by atoms with Crippen LogP contribution in [-0.4, -0.2) is 6.29 Å². The Bertz CT molecular complexity index is 355. The third kappa shape index (κ3) is 10.1. The summed E-state index contributed by atoms with van der Waals surface area (Å²) in [6, 6.07) is 0. The van der Waals surface area contributed by atoms with E-state index in [-0.39, 0.29) is 0 Å². The van der Waals surface area contributed by atoms with Crippen molar-refractivity contribution in [3.63, 3.8) is 0 Å². The maximum atomic E-state index is 10.8. The molecule has 0 N–H and O–H groups in total. The molecule has 0 amide bonds. The van der Waals surface area contributed by atoms with E-state index >= 15 is 0 Å². The molecule has 0 heterocycles. The zero-order valence-corrected chi connectivity index (χ0v) is 18.4. The van der Waals surface area contributed by atoms with E-state index in [9.17, 15) is 4.79 Å². The molecule has 158 valence electrons. The molecular formula is C26H48O. The molecule has 2 saturated carbocycles. The Kier molecular flexibility index (Phi) is 12.4. The predicted molar refractivity (Wildman–Crippen MR) is 118 cm³/mol. The third-order valence-corrected chi connectivity index (χ3v) is 7.67. The van der Waals surface area contributed by atoms with E-state index in [1.54, 1.807) is 6.42 Å². The third-order valence-electron chi connectivity index (χ3n) is 7.67. The normalized spacial score (nSPS) is 28.9. The summed E-state index contributed by atoms with van der Waals surface area (Å²) in [4.78, 5) is 10.8. The average molecular weight is 377 g/mol. The van der Waals surface area contributed by atoms with Gasteiger partial charge in [0.25, 0.3) is 0 Å². The maximum Gasteiger partial charge on any atom is 0.123 e. The van der Waals surface area contributed by atoms with Crippen LogP contribution in [0, 0.1) is 23.7 Å². The molecule has 0 aromatic heterocycles. The Balaban J connectivity index is 1.36. The Morgan fingerprint density at radius 3 is 1.70 bits per heavy atom. The molecule has 2 fully saturated rings. The second-order valence-corrected chi connectivity index (χ2v) is 10.0. The molecule has 0 spiro atoms. The van der Waals surface area contributed by atoms with E-state index in [1.165, 1.54) is 115 Å². The van der Waals surface area contributed by atoms with E-state index in [1.807, 2.05) is 0 Å². The lowest BCUT2D eigenvalue weighted by atomic mass is 9.77. The van der Waals surface area contributed by atoms with Gasteiger partial charge in [-0.1, -0.05) is 103 Å². The van der Waals surface area contributed by atoms with Crippen molar-refractivity contribution in [2.75, 3.05) is 0 Å². The smallest absolute Gasteiger partial charge is 0.123 e. The maximum absolute atomic E-state index is 10.8. The van der Waals surface area contributed by atoms with Gasteiger partial charge in [0.1, 0.15) is 6.29 Å². The van der Waals surface area contributed by atoms with Crippen molar-refractivity contribution in [2.45, 2.75) is 135 Å². The van der Waals surface area contributed by atoms with Gasteiger partial charge in [0, 0.05) is 5.92 Å². The summed E-state index contributed by atoms with van der Waals surface area (Å²) in [6.07, 6.45) is 29.7. The van der Waals surface area contributed by atoms with Gasteiger partial charge in [0.2, 0.25) is 0 Å². The fourth-order valence-electron chi connectivity index (χ4n) is 5.78. The molecule has 2 aliphatic rings. The number of unbranched alkanes of at least 4 members (excludes halogenated alkanes) is 7. The molecule has 2 aliphatic carbocycles. The standard InChI is InChI=1S/C26H48O/c1-2-3-12-24-15-11-16-25(21-24)14-10-8-6-4-5-7-9-13-23-17-19-26(22-27)20-18-23/h22-26H,2-21H2,1H3. The van der Waals surface area contributed by atoms with E-state index in [4.69, 9.17) is 0 Å². The fourth-order valence-corrected chi connectivity index (χ4v) is 5.78. The minimum atomic E-state index is 0.386. The second-order valence-electron chi connectivity index (χ2n) is 10.0. The van der Waals surface area contributed by atoms with Crippen LogP contribution in [0.15, 0.2) is 0 Å². The molecule has 0 aliphatic heterocycles. The van der Waals surface area contributed by atoms with E-state index in [0.29, 0.717) is 5.92 Å². The highest BCUT2D eigenvalue weighted by molar-refractivity contribution is 5.53. The summed E-state index contributed by atoms with van der Waals surface area (Å²) < 4.78 is 0. The van der Waals surface area contributed by atoms with Crippen LogP contribution in [0.3, 0.4) is 0 Å². The van der Waals surface area contributed by atoms with Crippen LogP contribution in [0.25, 0.3) is 0 Å². The van der Waals surface area contributed by atoms with Crippen molar-refractivity contribution in [1.29, 1.82) is 0 Å². The Morgan fingerprint density at radius 2 is 1.15 bits per heavy atom. The molecule has 0 saturated heterocycles. The van der Waals surface area contributed by atoms with Gasteiger partial charge in [-0.3, -0.25) is 0 Å². The topological polar surface area (TPSA) is 17.1 Å². The molecule has 2 atom stereocenters. The lowest BCUT2D eigenvalue weighted by Crippen LogP contribution is -2.15. The lowest BCUT2D eigenvalue weighted by Gasteiger charge is -2.29. The molecule has 2 rings (SSSR count). The molecule has 0 radical (unpaired) electrons. The molecule has 0 aromatic carbocycles. The van der Waals surface area contributed by atoms with Crippen molar-refractivity contribution in [3.8, 4) is 0 Å². The highest BCUT2D eigenvalue weighted by Crippen LogP contribution is 2.35. The highest BCUT2D eigenvalue weighted by Gasteiger charge is 2.21. The molecule has 1 heteroatoms. The van der Waals surface area contributed by atoms with Crippen LogP contribution in [0.2, 0.25) is 0 Å². The number of rotatable bonds is 14. The quantitative estimate of drug-likeness (QED) is 0.219. The molecule has 2 unspecified atom stereocenters. The van der Waals surface area contributed by atoms with Crippen molar-refractivity contribution >= 4 is 6.29 Å². The highest BCUT2D eigenvalue weighted by atomic mass is 16.1. The van der Waals surface area contributed by atoms with Gasteiger partial charge in [-0.05, 0) is 49.9 Å². The minimum Gasteiger partial charge on any atom is -0.303 e. The number of hydrogen-bond donors (Lipinski definition) is 0. The Morgan fingerprint density at radius 1 is 0.630 bits per heavy atom. The van der Waals surface area contributed by atoms with Gasteiger partial charge in [-0.25, -0.2) is 0 Å². The van der Waals surface area contributed by atoms with Crippen molar-refractivity contribution < 1.29 is 4.79 Å². The Labute approximate surface area is 170 Å². The van der Waals surface area contributed by atoms with Crippen LogP contribution < -0.4 is 0 Å². The predicted octanol–water partition coefficient (Wildman–Crippen LogP) is 8.50. The van der Waals surface area contributed by atoms with Gasteiger partial charge in [0.05, 0.1) is 0 Å². The zero-order valence-electron chi connectivity index (χ0n) is 18.4. The molecule has 0 bridgehead atoms. The van der Waals surface area contributed by atoms with E-state index in [0.717, 1.165) is 30.6 Å². The SMILES string of the molecule is CCCCC1CCCC(CCCCCCCCCC2CCC(C=O)CC2)C1. The lowest BCUT2D eigenvalue weighted by molar-refractivity contribution is -0.112. The van der Waals surface area contributed by atoms with E-state index < -0.39 is 0 Å². The van der Waals surface area contributed by atoms with Gasteiger partial charge in [0.15, 0.2) is 0 Å². The van der Waals surface area contributed by atoms with Crippen LogP contribution in [-0.2, 0) is 4.79 Å². The molecule has 27 heavy (non-hydrogen) atoms. The minimum absolute atomic E-state index is 0.386. The zero-order chi connectivity index (χ0) is 19.2. The van der Waals surface area contributed by atoms with E-state index in [2.05, 4.69) is 6.92 Å². The summed E-state index contributed by atoms with van der Waals surface area (Å²) in [5, 5.41) is 0. The number of hydrogen-bond acceptors (Lipinski definition) is 1. The molecule has 0 aromatic rings. The summed E-state index contributed by atoms with van der Waals surface area (Å²) >= 11 is 0. The Hall–Kier alpha value is -0.330. The van der Waals surface area contributed by atoms with Crippen LogP contribution in [0.5, 0.6) is 0 Å². The first-order chi connectivity index (χ1) is 13.3. The average Bonchev–Trinajstić information content (AvgIpc) is 2.71. The number of carbonyl (C=O) groups excluding carboxylic acids is 1. The van der Waals surface area contributed by atoms with Crippen molar-refractivity contribution in [2.24, 2.45) is 23.7 Å². The van der Waals surface area contributed by atoms with Crippen LogP contribution in [0.4, 0.5) is 0 Å². The van der Waals surface area contributed by atoms with Gasteiger partial charge >= 0.3 is 0 Å². The summed E-state index contributed by atoms with van der Waals surface area (Å²) in [5.74, 6) is 3.45. The van der Waals surface area contributed by atoms with Crippen LogP contribution >= 0.6 is 0 Å². The molecular weight excluding hydrogens is 328 g/mol. The fraction of sp³-hybridized carbons (Fsp3) is 0.962. The molecule has 1 nitrogen and oxygen atoms in total.